The maximum atomic E-state index is 9.55. The molecule has 0 radical (unpaired) electrons. The minimum atomic E-state index is -1.26. The molecule has 0 atom stereocenters. The Morgan fingerprint density at radius 3 is 1.55 bits per heavy atom. The van der Waals surface area contributed by atoms with E-state index >= 15 is 0 Å². The highest BCUT2D eigenvalue weighted by atomic mass is 16.4. The highest BCUT2D eigenvalue weighted by Crippen LogP contribution is 2.25. The van der Waals surface area contributed by atoms with Crippen molar-refractivity contribution in [3.63, 3.8) is 0 Å². The Hall–Kier alpha value is -5.29. The lowest BCUT2D eigenvalue weighted by atomic mass is 10.1. The Morgan fingerprint density at radius 1 is 0.675 bits per heavy atom. The van der Waals surface area contributed by atoms with Crippen molar-refractivity contribution in [1.82, 2.24) is 9.88 Å². The van der Waals surface area contributed by atoms with Crippen molar-refractivity contribution in [1.29, 1.82) is 0 Å². The second kappa shape index (κ2) is 16.5. The van der Waals surface area contributed by atoms with Crippen molar-refractivity contribution in [3.8, 4) is 0 Å². The van der Waals surface area contributed by atoms with E-state index in [2.05, 4.69) is 63.7 Å². The Balaban J connectivity index is 0.000000290. The van der Waals surface area contributed by atoms with Gasteiger partial charge in [-0.3, -0.25) is 9.88 Å². The first kappa shape index (κ1) is 30.9. The van der Waals surface area contributed by atoms with E-state index in [0.717, 1.165) is 31.9 Å². The first-order valence-electron chi connectivity index (χ1n) is 11.9. The highest BCUT2D eigenvalue weighted by Gasteiger charge is 2.18. The van der Waals surface area contributed by atoms with Crippen molar-refractivity contribution in [2.75, 3.05) is 5.32 Å². The Bertz CT molecular complexity index is 1270. The van der Waals surface area contributed by atoms with Gasteiger partial charge < -0.3 is 25.7 Å². The van der Waals surface area contributed by atoms with E-state index in [4.69, 9.17) is 20.4 Å². The molecule has 2 aromatic carbocycles. The van der Waals surface area contributed by atoms with Crippen LogP contribution in [0.1, 0.15) is 22.3 Å². The molecule has 3 aromatic rings. The Morgan fingerprint density at radius 2 is 1.10 bits per heavy atom. The number of nitrogens with zero attached hydrogens (tertiary/aromatic N) is 2. The van der Waals surface area contributed by atoms with Gasteiger partial charge in [0, 0.05) is 68.6 Å². The summed E-state index contributed by atoms with van der Waals surface area (Å²) in [6, 6.07) is 21.5. The summed E-state index contributed by atoms with van der Waals surface area (Å²) in [5.41, 5.74) is 6.78. The van der Waals surface area contributed by atoms with Crippen molar-refractivity contribution < 1.29 is 39.6 Å². The molecule has 1 aromatic heterocycles. The molecule has 11 heteroatoms. The summed E-state index contributed by atoms with van der Waals surface area (Å²) in [6.45, 7) is 3.91. The van der Waals surface area contributed by atoms with Crippen LogP contribution < -0.4 is 5.32 Å². The molecule has 208 valence electrons. The Labute approximate surface area is 230 Å². The van der Waals surface area contributed by atoms with Crippen LogP contribution in [0.3, 0.4) is 0 Å². The maximum absolute atomic E-state index is 9.55. The smallest absolute Gasteiger partial charge is 0.328 e. The molecule has 5 N–H and O–H groups in total. The molecule has 0 spiro atoms. The van der Waals surface area contributed by atoms with Crippen LogP contribution in [0.2, 0.25) is 0 Å². The molecule has 0 bridgehead atoms. The Kier molecular flexibility index (Phi) is 12.8. The molecule has 0 aliphatic carbocycles. The maximum Gasteiger partial charge on any atom is 0.328 e. The molecule has 40 heavy (non-hydrogen) atoms. The summed E-state index contributed by atoms with van der Waals surface area (Å²) in [6.07, 6.45) is 5.86. The molecule has 1 aliphatic rings. The van der Waals surface area contributed by atoms with Gasteiger partial charge in [-0.2, -0.15) is 0 Å². The van der Waals surface area contributed by atoms with E-state index in [9.17, 15) is 19.2 Å². The lowest BCUT2D eigenvalue weighted by Crippen LogP contribution is -2.17. The number of benzene rings is 2. The quantitative estimate of drug-likeness (QED) is 0.247. The number of carboxylic acids is 4. The van der Waals surface area contributed by atoms with E-state index in [1.807, 2.05) is 24.5 Å². The number of pyridine rings is 1. The lowest BCUT2D eigenvalue weighted by molar-refractivity contribution is -0.134. The molecule has 1 aliphatic heterocycles. The number of hydrogen-bond donors (Lipinski definition) is 5. The first-order valence-corrected chi connectivity index (χ1v) is 11.9. The van der Waals surface area contributed by atoms with Gasteiger partial charge in [0.05, 0.1) is 0 Å². The van der Waals surface area contributed by atoms with Crippen LogP contribution in [0, 0.1) is 0 Å². The second-order valence-corrected chi connectivity index (χ2v) is 8.29. The van der Waals surface area contributed by atoms with Gasteiger partial charge in [-0.15, -0.1) is 0 Å². The molecule has 0 unspecified atom stereocenters. The first-order chi connectivity index (χ1) is 19.1. The zero-order valence-corrected chi connectivity index (χ0v) is 21.4. The summed E-state index contributed by atoms with van der Waals surface area (Å²) in [4.78, 5) is 44.8. The molecular weight excluding hydrogens is 518 g/mol. The van der Waals surface area contributed by atoms with Crippen LogP contribution in [0.4, 0.5) is 5.69 Å². The fourth-order valence-corrected chi connectivity index (χ4v) is 3.59. The van der Waals surface area contributed by atoms with Crippen molar-refractivity contribution in [2.24, 2.45) is 0 Å². The highest BCUT2D eigenvalue weighted by molar-refractivity contribution is 5.90. The van der Waals surface area contributed by atoms with Crippen LogP contribution in [0.25, 0.3) is 0 Å². The largest absolute Gasteiger partial charge is 0.478 e. The fourth-order valence-electron chi connectivity index (χ4n) is 3.59. The third kappa shape index (κ3) is 12.3. The number of carbonyl (C=O) groups is 4. The summed E-state index contributed by atoms with van der Waals surface area (Å²) < 4.78 is 0. The minimum absolute atomic E-state index is 0.558. The van der Waals surface area contributed by atoms with Gasteiger partial charge >= 0.3 is 23.9 Å². The normalized spacial score (nSPS) is 12.0. The van der Waals surface area contributed by atoms with Gasteiger partial charge in [0.25, 0.3) is 0 Å². The standard InChI is InChI=1S/C21H21N3.2C4H4O4/c1-2-6-18(14-24-15-19-7-3-4-8-20(19)16-24)17(5-1)13-23-21-9-11-22-12-10-21;2*5-3(6)1-2-4(7)8/h1-12H,13-16H2,(H,22,23);2*1-2H,(H,5,6)(H,7,8)/b;2*2-1-. The second-order valence-electron chi connectivity index (χ2n) is 8.29. The molecule has 0 fully saturated rings. The monoisotopic (exact) mass is 547 g/mol. The van der Waals surface area contributed by atoms with Crippen LogP contribution in [-0.4, -0.2) is 54.2 Å². The van der Waals surface area contributed by atoms with E-state index < -0.39 is 23.9 Å². The van der Waals surface area contributed by atoms with E-state index in [1.165, 1.54) is 22.3 Å². The molecule has 2 heterocycles. The number of aromatic nitrogens is 1. The number of fused-ring (bicyclic) bond motifs is 1. The SMILES string of the molecule is O=C(O)/C=C\C(=O)O.O=C(O)/C=C\C(=O)O.c1ccc(CN2Cc3ccccc3C2)c(CNc2ccncc2)c1. The van der Waals surface area contributed by atoms with Gasteiger partial charge in [-0.1, -0.05) is 48.5 Å². The summed E-state index contributed by atoms with van der Waals surface area (Å²) >= 11 is 0. The van der Waals surface area contributed by atoms with Crippen molar-refractivity contribution in [3.05, 3.63) is 120 Å². The molecule has 0 saturated heterocycles. The number of hydrogen-bond acceptors (Lipinski definition) is 7. The number of nitrogens with one attached hydrogen (secondary N) is 1. The van der Waals surface area contributed by atoms with Crippen LogP contribution >= 0.6 is 0 Å². The zero-order chi connectivity index (χ0) is 29.3. The minimum Gasteiger partial charge on any atom is -0.478 e. The van der Waals surface area contributed by atoms with E-state index in [1.54, 1.807) is 0 Å². The van der Waals surface area contributed by atoms with E-state index in [-0.39, 0.29) is 0 Å². The molecule has 4 rings (SSSR count). The fraction of sp³-hybridized carbons (Fsp3) is 0.138. The van der Waals surface area contributed by atoms with Crippen LogP contribution in [0.15, 0.2) is 97.4 Å². The zero-order valence-electron chi connectivity index (χ0n) is 21.4. The predicted molar refractivity (Wildman–Crippen MR) is 146 cm³/mol. The van der Waals surface area contributed by atoms with Gasteiger partial charge in [-0.25, -0.2) is 19.2 Å². The average molecular weight is 548 g/mol. The number of carboxylic acid groups (broad SMARTS) is 4. The number of anilines is 1. The van der Waals surface area contributed by atoms with Gasteiger partial charge in [0.15, 0.2) is 0 Å². The summed E-state index contributed by atoms with van der Waals surface area (Å²) in [7, 11) is 0. The third-order valence-electron chi connectivity index (χ3n) is 5.32. The van der Waals surface area contributed by atoms with Gasteiger partial charge in [0.2, 0.25) is 0 Å². The summed E-state index contributed by atoms with van der Waals surface area (Å²) in [5, 5.41) is 34.7. The molecule has 0 amide bonds. The van der Waals surface area contributed by atoms with Gasteiger partial charge in [0.1, 0.15) is 0 Å². The van der Waals surface area contributed by atoms with Gasteiger partial charge in [-0.05, 0) is 34.4 Å². The third-order valence-corrected chi connectivity index (χ3v) is 5.32. The molecule has 11 nitrogen and oxygen atoms in total. The van der Waals surface area contributed by atoms with Crippen molar-refractivity contribution >= 4 is 29.6 Å². The molecular formula is C29H29N3O8. The van der Waals surface area contributed by atoms with Crippen LogP contribution in [-0.2, 0) is 45.4 Å². The number of rotatable bonds is 9. The predicted octanol–water partition coefficient (Wildman–Crippen LogP) is 3.63. The lowest BCUT2D eigenvalue weighted by Gasteiger charge is -2.18. The van der Waals surface area contributed by atoms with E-state index in [0.29, 0.717) is 24.3 Å². The molecule has 0 saturated carbocycles. The van der Waals surface area contributed by atoms with Crippen LogP contribution in [0.5, 0.6) is 0 Å². The summed E-state index contributed by atoms with van der Waals surface area (Å²) in [5.74, 6) is -5.03. The number of aliphatic carboxylic acids is 4. The topological polar surface area (TPSA) is 177 Å². The average Bonchev–Trinajstić information content (AvgIpc) is 3.34. The van der Waals surface area contributed by atoms with Crippen molar-refractivity contribution in [2.45, 2.75) is 26.2 Å².